The summed E-state index contributed by atoms with van der Waals surface area (Å²) in [6, 6.07) is 12.2. The fourth-order valence-corrected chi connectivity index (χ4v) is 3.45. The molecule has 1 saturated carbocycles. The first kappa shape index (κ1) is 15.8. The fraction of sp³-hybridized carbons (Fsp3) is 0.286. The molecule has 25 heavy (non-hydrogen) atoms. The molecule has 1 fully saturated rings. The zero-order valence-corrected chi connectivity index (χ0v) is 14.5. The minimum Gasteiger partial charge on any atom is -0.462 e. The number of carbonyl (C=O) groups is 1. The lowest BCUT2D eigenvalue weighted by Crippen LogP contribution is -2.10. The van der Waals surface area contributed by atoms with Crippen LogP contribution < -0.4 is 0 Å². The van der Waals surface area contributed by atoms with Crippen molar-refractivity contribution in [3.8, 4) is 0 Å². The molecular formula is C21H20N2O2. The van der Waals surface area contributed by atoms with Gasteiger partial charge in [0.15, 0.2) is 0 Å². The van der Waals surface area contributed by atoms with Gasteiger partial charge in [-0.1, -0.05) is 12.1 Å². The first-order chi connectivity index (χ1) is 12.1. The summed E-state index contributed by atoms with van der Waals surface area (Å²) in [5.74, 6) is -0.297. The second-order valence-electron chi connectivity index (χ2n) is 6.58. The first-order valence-corrected chi connectivity index (χ1v) is 8.63. The maximum Gasteiger partial charge on any atom is 0.338 e. The Labute approximate surface area is 146 Å². The Balaban J connectivity index is 1.82. The Bertz CT molecular complexity index is 944. The number of aromatic nitrogens is 2. The van der Waals surface area contributed by atoms with Gasteiger partial charge >= 0.3 is 5.97 Å². The summed E-state index contributed by atoms with van der Waals surface area (Å²) in [6.45, 7) is 4.17. The maximum atomic E-state index is 12.3. The van der Waals surface area contributed by atoms with Crippen LogP contribution in [0.1, 0.15) is 46.9 Å². The van der Waals surface area contributed by atoms with Crippen LogP contribution in [-0.2, 0) is 10.2 Å². The Morgan fingerprint density at radius 1 is 1.12 bits per heavy atom. The van der Waals surface area contributed by atoms with Crippen molar-refractivity contribution >= 4 is 16.9 Å². The van der Waals surface area contributed by atoms with Crippen molar-refractivity contribution in [3.63, 3.8) is 0 Å². The van der Waals surface area contributed by atoms with E-state index in [1.165, 1.54) is 11.1 Å². The smallest absolute Gasteiger partial charge is 0.338 e. The number of esters is 1. The quantitative estimate of drug-likeness (QED) is 0.672. The van der Waals surface area contributed by atoms with Gasteiger partial charge in [-0.25, -0.2) is 4.79 Å². The molecule has 0 saturated heterocycles. The van der Waals surface area contributed by atoms with Crippen LogP contribution in [-0.4, -0.2) is 22.5 Å². The van der Waals surface area contributed by atoms with Crippen LogP contribution in [0.15, 0.2) is 48.8 Å². The molecule has 0 bridgehead atoms. The van der Waals surface area contributed by atoms with Gasteiger partial charge in [0.05, 0.1) is 17.7 Å². The Morgan fingerprint density at radius 3 is 2.60 bits per heavy atom. The molecule has 0 atom stereocenters. The summed E-state index contributed by atoms with van der Waals surface area (Å²) >= 11 is 0. The molecule has 0 amide bonds. The van der Waals surface area contributed by atoms with E-state index in [9.17, 15) is 4.79 Å². The van der Waals surface area contributed by atoms with Crippen molar-refractivity contribution in [2.75, 3.05) is 6.61 Å². The van der Waals surface area contributed by atoms with Crippen molar-refractivity contribution in [3.05, 3.63) is 71.2 Å². The minimum atomic E-state index is -0.297. The molecule has 4 rings (SSSR count). The first-order valence-electron chi connectivity index (χ1n) is 8.63. The van der Waals surface area contributed by atoms with Crippen LogP contribution in [0.4, 0.5) is 0 Å². The highest BCUT2D eigenvalue weighted by molar-refractivity contribution is 6.03. The van der Waals surface area contributed by atoms with Gasteiger partial charge in [0.25, 0.3) is 0 Å². The average molecular weight is 332 g/mol. The Hall–Kier alpha value is -2.75. The summed E-state index contributed by atoms with van der Waals surface area (Å²) in [7, 11) is 0. The summed E-state index contributed by atoms with van der Waals surface area (Å²) < 4.78 is 5.20. The number of rotatable bonds is 4. The third-order valence-electron chi connectivity index (χ3n) is 5.00. The third kappa shape index (κ3) is 2.68. The fourth-order valence-electron chi connectivity index (χ4n) is 3.45. The Morgan fingerprint density at radius 2 is 1.92 bits per heavy atom. The zero-order chi connectivity index (χ0) is 17.4. The van der Waals surface area contributed by atoms with Crippen molar-refractivity contribution in [2.24, 2.45) is 0 Å². The number of nitrogens with zero attached hydrogens (tertiary/aromatic N) is 2. The molecule has 0 radical (unpaired) electrons. The normalized spacial score (nSPS) is 15.1. The van der Waals surface area contributed by atoms with Crippen LogP contribution in [0.3, 0.4) is 0 Å². The van der Waals surface area contributed by atoms with E-state index >= 15 is 0 Å². The van der Waals surface area contributed by atoms with E-state index in [-0.39, 0.29) is 11.4 Å². The van der Waals surface area contributed by atoms with E-state index in [1.54, 1.807) is 12.3 Å². The van der Waals surface area contributed by atoms with Crippen LogP contribution in [0.2, 0.25) is 0 Å². The highest BCUT2D eigenvalue weighted by Gasteiger charge is 2.46. The van der Waals surface area contributed by atoms with Gasteiger partial charge in [0.1, 0.15) is 0 Å². The second-order valence-corrected chi connectivity index (χ2v) is 6.58. The maximum absolute atomic E-state index is 12.3. The molecule has 0 spiro atoms. The van der Waals surface area contributed by atoms with Crippen LogP contribution in [0.5, 0.6) is 0 Å². The standard InChI is InChI=1S/C21H20N2O2/c1-3-25-20(24)17-8-11-22-19-7-6-15(12-18(17)19)21(9-10-21)16-5-4-14(2)23-13-16/h4-8,11-13H,3,9-10H2,1-2H3. The number of benzene rings is 1. The lowest BCUT2D eigenvalue weighted by atomic mass is 9.87. The lowest BCUT2D eigenvalue weighted by molar-refractivity contribution is 0.0528. The van der Waals surface area contributed by atoms with Crippen LogP contribution in [0, 0.1) is 6.92 Å². The van der Waals surface area contributed by atoms with Gasteiger partial charge in [-0.05, 0) is 62.1 Å². The van der Waals surface area contributed by atoms with Crippen LogP contribution >= 0.6 is 0 Å². The predicted octanol–water partition coefficient (Wildman–Crippen LogP) is 4.19. The molecule has 2 heterocycles. The van der Waals surface area contributed by atoms with Crippen molar-refractivity contribution in [1.29, 1.82) is 0 Å². The largest absolute Gasteiger partial charge is 0.462 e. The van der Waals surface area contributed by atoms with Gasteiger partial charge in [-0.3, -0.25) is 9.97 Å². The van der Waals surface area contributed by atoms with Crippen molar-refractivity contribution in [1.82, 2.24) is 9.97 Å². The molecule has 0 N–H and O–H groups in total. The monoisotopic (exact) mass is 332 g/mol. The predicted molar refractivity (Wildman–Crippen MR) is 96.7 cm³/mol. The molecule has 4 heteroatoms. The summed E-state index contributed by atoms with van der Waals surface area (Å²) in [6.07, 6.45) is 5.82. The molecule has 3 aromatic rings. The summed E-state index contributed by atoms with van der Waals surface area (Å²) in [5.41, 5.74) is 4.87. The van der Waals surface area contributed by atoms with Crippen molar-refractivity contribution in [2.45, 2.75) is 32.1 Å². The number of pyridine rings is 2. The van der Waals surface area contributed by atoms with Gasteiger partial charge in [-0.15, -0.1) is 0 Å². The lowest BCUT2D eigenvalue weighted by Gasteiger charge is -2.17. The minimum absolute atomic E-state index is 0.0106. The number of fused-ring (bicyclic) bond motifs is 1. The number of carbonyl (C=O) groups excluding carboxylic acids is 1. The van der Waals surface area contributed by atoms with Gasteiger partial charge < -0.3 is 4.74 Å². The molecule has 2 aromatic heterocycles. The van der Waals surface area contributed by atoms with Crippen molar-refractivity contribution < 1.29 is 9.53 Å². The number of hydrogen-bond acceptors (Lipinski definition) is 4. The molecule has 1 aromatic carbocycles. The zero-order valence-electron chi connectivity index (χ0n) is 14.5. The highest BCUT2D eigenvalue weighted by atomic mass is 16.5. The summed E-state index contributed by atoms with van der Waals surface area (Å²) in [5, 5.41) is 0.852. The van der Waals surface area contributed by atoms with E-state index in [1.807, 2.05) is 26.1 Å². The molecule has 0 aliphatic heterocycles. The van der Waals surface area contributed by atoms with E-state index in [4.69, 9.17) is 4.74 Å². The molecule has 0 unspecified atom stereocenters. The van der Waals surface area contributed by atoms with Crippen LogP contribution in [0.25, 0.3) is 10.9 Å². The SMILES string of the molecule is CCOC(=O)c1ccnc2ccc(C3(c4ccc(C)nc4)CC3)cc12. The second kappa shape index (κ2) is 5.96. The highest BCUT2D eigenvalue weighted by Crippen LogP contribution is 2.53. The van der Waals surface area contributed by atoms with Gasteiger partial charge in [0.2, 0.25) is 0 Å². The number of hydrogen-bond donors (Lipinski definition) is 0. The average Bonchev–Trinajstić information content (AvgIpc) is 3.43. The topological polar surface area (TPSA) is 52.1 Å². The Kier molecular flexibility index (Phi) is 3.75. The van der Waals surface area contributed by atoms with Gasteiger partial charge in [0, 0.05) is 28.9 Å². The van der Waals surface area contributed by atoms with E-state index < -0.39 is 0 Å². The third-order valence-corrected chi connectivity index (χ3v) is 5.00. The molecule has 4 nitrogen and oxygen atoms in total. The molecule has 1 aliphatic carbocycles. The number of aryl methyl sites for hydroxylation is 1. The van der Waals surface area contributed by atoms with E-state index in [0.717, 1.165) is 29.4 Å². The van der Waals surface area contributed by atoms with E-state index in [2.05, 4.69) is 34.2 Å². The summed E-state index contributed by atoms with van der Waals surface area (Å²) in [4.78, 5) is 21.1. The van der Waals surface area contributed by atoms with E-state index in [0.29, 0.717) is 12.2 Å². The molecular weight excluding hydrogens is 312 g/mol. The number of ether oxygens (including phenoxy) is 1. The molecule has 1 aliphatic rings. The molecule has 126 valence electrons. The van der Waals surface area contributed by atoms with Gasteiger partial charge in [-0.2, -0.15) is 0 Å².